The molecule has 1 aliphatic carbocycles. The summed E-state index contributed by atoms with van der Waals surface area (Å²) in [4.78, 5) is 25.3. The van der Waals surface area contributed by atoms with Crippen molar-refractivity contribution < 1.29 is 9.59 Å². The van der Waals surface area contributed by atoms with E-state index in [9.17, 15) is 9.59 Å². The van der Waals surface area contributed by atoms with E-state index in [2.05, 4.69) is 22.4 Å². The molecule has 128 valence electrons. The van der Waals surface area contributed by atoms with Gasteiger partial charge in [0.1, 0.15) is 11.3 Å². The van der Waals surface area contributed by atoms with Crippen LogP contribution in [0.1, 0.15) is 34.1 Å². The fraction of sp³-hybridized carbons (Fsp3) is 0.467. The SMILES string of the molecule is CC1CCc2c(sc(NC(=O)CSc3nncn3C)c2C(N)=O)C1. The molecule has 2 aromatic rings. The highest BCUT2D eigenvalue weighted by molar-refractivity contribution is 7.99. The van der Waals surface area contributed by atoms with Crippen LogP contribution in [0.5, 0.6) is 0 Å². The number of thioether (sulfide) groups is 1. The number of primary amides is 1. The van der Waals surface area contributed by atoms with E-state index in [1.54, 1.807) is 10.9 Å². The lowest BCUT2D eigenvalue weighted by atomic mass is 9.88. The van der Waals surface area contributed by atoms with E-state index in [0.717, 1.165) is 24.8 Å². The second kappa shape index (κ2) is 6.94. The summed E-state index contributed by atoms with van der Waals surface area (Å²) in [5.41, 5.74) is 7.05. The lowest BCUT2D eigenvalue weighted by Crippen LogP contribution is -2.20. The van der Waals surface area contributed by atoms with Crippen LogP contribution in [0.3, 0.4) is 0 Å². The van der Waals surface area contributed by atoms with Crippen molar-refractivity contribution in [2.24, 2.45) is 18.7 Å². The first-order valence-corrected chi connectivity index (χ1v) is 9.47. The molecule has 2 amide bonds. The average Bonchev–Trinajstić information content (AvgIpc) is 3.07. The maximum absolute atomic E-state index is 12.2. The van der Waals surface area contributed by atoms with E-state index in [0.29, 0.717) is 21.6 Å². The number of anilines is 1. The first-order chi connectivity index (χ1) is 11.5. The monoisotopic (exact) mass is 365 g/mol. The van der Waals surface area contributed by atoms with Crippen molar-refractivity contribution >= 4 is 39.9 Å². The second-order valence-corrected chi connectivity index (χ2v) is 8.03. The summed E-state index contributed by atoms with van der Waals surface area (Å²) < 4.78 is 1.75. The molecule has 0 spiro atoms. The van der Waals surface area contributed by atoms with Crippen LogP contribution in [0.15, 0.2) is 11.5 Å². The number of amides is 2. The fourth-order valence-corrected chi connectivity index (χ4v) is 4.92. The summed E-state index contributed by atoms with van der Waals surface area (Å²) in [6, 6.07) is 0. The number of fused-ring (bicyclic) bond motifs is 1. The van der Waals surface area contributed by atoms with Gasteiger partial charge >= 0.3 is 0 Å². The van der Waals surface area contributed by atoms with Gasteiger partial charge in [-0.15, -0.1) is 21.5 Å². The van der Waals surface area contributed by atoms with Crippen LogP contribution in [0.4, 0.5) is 5.00 Å². The van der Waals surface area contributed by atoms with Crippen LogP contribution in [0.2, 0.25) is 0 Å². The van der Waals surface area contributed by atoms with E-state index >= 15 is 0 Å². The summed E-state index contributed by atoms with van der Waals surface area (Å²) in [5.74, 6) is 0.131. The molecule has 24 heavy (non-hydrogen) atoms. The van der Waals surface area contributed by atoms with Crippen molar-refractivity contribution in [3.05, 3.63) is 22.3 Å². The minimum atomic E-state index is -0.474. The molecule has 7 nitrogen and oxygen atoms in total. The summed E-state index contributed by atoms with van der Waals surface area (Å²) in [6.45, 7) is 2.20. The number of nitrogens with one attached hydrogen (secondary N) is 1. The Balaban J connectivity index is 1.73. The molecule has 1 unspecified atom stereocenters. The van der Waals surface area contributed by atoms with Crippen LogP contribution in [0, 0.1) is 5.92 Å². The quantitative estimate of drug-likeness (QED) is 0.787. The van der Waals surface area contributed by atoms with E-state index in [1.165, 1.54) is 28.0 Å². The minimum absolute atomic E-state index is 0.183. The molecular formula is C15H19N5O2S2. The molecule has 0 saturated heterocycles. The maximum Gasteiger partial charge on any atom is 0.251 e. The summed E-state index contributed by atoms with van der Waals surface area (Å²) in [6.07, 6.45) is 4.40. The predicted molar refractivity (Wildman–Crippen MR) is 94.4 cm³/mol. The highest BCUT2D eigenvalue weighted by Gasteiger charge is 2.27. The number of aromatic nitrogens is 3. The Hall–Kier alpha value is -1.87. The molecule has 0 aromatic carbocycles. The highest BCUT2D eigenvalue weighted by atomic mass is 32.2. The first kappa shape index (κ1) is 17.0. The lowest BCUT2D eigenvalue weighted by Gasteiger charge is -2.18. The zero-order valence-corrected chi connectivity index (χ0v) is 15.2. The van der Waals surface area contributed by atoms with Crippen LogP contribution < -0.4 is 11.1 Å². The largest absolute Gasteiger partial charge is 0.365 e. The molecular weight excluding hydrogens is 346 g/mol. The van der Waals surface area contributed by atoms with Gasteiger partial charge < -0.3 is 15.6 Å². The van der Waals surface area contributed by atoms with Gasteiger partial charge in [0.25, 0.3) is 5.91 Å². The molecule has 9 heteroatoms. The van der Waals surface area contributed by atoms with Crippen molar-refractivity contribution in [1.82, 2.24) is 14.8 Å². The van der Waals surface area contributed by atoms with Gasteiger partial charge in [0, 0.05) is 11.9 Å². The molecule has 0 radical (unpaired) electrons. The molecule has 3 rings (SSSR count). The van der Waals surface area contributed by atoms with Crippen molar-refractivity contribution in [2.45, 2.75) is 31.3 Å². The molecule has 0 bridgehead atoms. The molecule has 2 heterocycles. The van der Waals surface area contributed by atoms with Gasteiger partial charge in [0.05, 0.1) is 11.3 Å². The molecule has 3 N–H and O–H groups in total. The van der Waals surface area contributed by atoms with Crippen LogP contribution in [0.25, 0.3) is 0 Å². The fourth-order valence-electron chi connectivity index (χ4n) is 2.80. The Bertz CT molecular complexity index is 783. The number of hydrogen-bond donors (Lipinski definition) is 2. The molecule has 2 aromatic heterocycles. The maximum atomic E-state index is 12.2. The van der Waals surface area contributed by atoms with Crippen molar-refractivity contribution in [3.63, 3.8) is 0 Å². The number of carbonyl (C=O) groups excluding carboxylic acids is 2. The van der Waals surface area contributed by atoms with E-state index in [4.69, 9.17) is 5.73 Å². The number of aryl methyl sites for hydroxylation is 1. The summed E-state index contributed by atoms with van der Waals surface area (Å²) >= 11 is 2.77. The van der Waals surface area contributed by atoms with Gasteiger partial charge in [0.15, 0.2) is 5.16 Å². The van der Waals surface area contributed by atoms with Gasteiger partial charge in [-0.05, 0) is 30.7 Å². The van der Waals surface area contributed by atoms with Gasteiger partial charge in [-0.2, -0.15) is 0 Å². The topological polar surface area (TPSA) is 103 Å². The minimum Gasteiger partial charge on any atom is -0.365 e. The van der Waals surface area contributed by atoms with Crippen molar-refractivity contribution in [3.8, 4) is 0 Å². The van der Waals surface area contributed by atoms with E-state index in [-0.39, 0.29) is 11.7 Å². The van der Waals surface area contributed by atoms with Crippen LogP contribution >= 0.6 is 23.1 Å². The Labute approximate surface area is 148 Å². The lowest BCUT2D eigenvalue weighted by molar-refractivity contribution is -0.113. The van der Waals surface area contributed by atoms with E-state index in [1.807, 2.05) is 7.05 Å². The van der Waals surface area contributed by atoms with Gasteiger partial charge in [-0.25, -0.2) is 0 Å². The average molecular weight is 365 g/mol. The number of nitrogens with zero attached hydrogens (tertiary/aromatic N) is 3. The smallest absolute Gasteiger partial charge is 0.251 e. The zero-order chi connectivity index (χ0) is 17.3. The molecule has 0 aliphatic heterocycles. The van der Waals surface area contributed by atoms with Crippen molar-refractivity contribution in [1.29, 1.82) is 0 Å². The highest BCUT2D eigenvalue weighted by Crippen LogP contribution is 2.39. The summed E-state index contributed by atoms with van der Waals surface area (Å²) in [5, 5.41) is 11.8. The molecule has 1 atom stereocenters. The normalized spacial score (nSPS) is 16.7. The van der Waals surface area contributed by atoms with Gasteiger partial charge in [-0.3, -0.25) is 9.59 Å². The third-order valence-corrected chi connectivity index (χ3v) is 6.22. The predicted octanol–water partition coefficient (Wildman–Crippen LogP) is 1.83. The second-order valence-electron chi connectivity index (χ2n) is 5.98. The van der Waals surface area contributed by atoms with Gasteiger partial charge in [0.2, 0.25) is 5.91 Å². The number of carbonyl (C=O) groups is 2. The summed E-state index contributed by atoms with van der Waals surface area (Å²) in [7, 11) is 1.82. The molecule has 1 aliphatic rings. The van der Waals surface area contributed by atoms with Crippen LogP contribution in [-0.2, 0) is 24.7 Å². The zero-order valence-electron chi connectivity index (χ0n) is 13.5. The number of hydrogen-bond acceptors (Lipinski definition) is 6. The number of thiophene rings is 1. The van der Waals surface area contributed by atoms with E-state index < -0.39 is 5.91 Å². The molecule has 0 fully saturated rings. The molecule has 0 saturated carbocycles. The Morgan fingerprint density at radius 1 is 1.54 bits per heavy atom. The number of rotatable bonds is 5. The van der Waals surface area contributed by atoms with Crippen molar-refractivity contribution in [2.75, 3.05) is 11.1 Å². The third kappa shape index (κ3) is 3.46. The third-order valence-electron chi connectivity index (χ3n) is 4.01. The van der Waals surface area contributed by atoms with Gasteiger partial charge in [-0.1, -0.05) is 18.7 Å². The standard InChI is InChI=1S/C15H19N5O2S2/c1-8-3-4-9-10(5-8)24-14(12(9)13(16)22)18-11(21)6-23-15-19-17-7-20(15)2/h7-8H,3-6H2,1-2H3,(H2,16,22)(H,18,21). The Kier molecular flexibility index (Phi) is 4.91. The van der Waals surface area contributed by atoms with Crippen LogP contribution in [-0.4, -0.2) is 32.3 Å². The Morgan fingerprint density at radius 3 is 3.00 bits per heavy atom. The first-order valence-electron chi connectivity index (χ1n) is 7.66. The number of nitrogens with two attached hydrogens (primary N) is 1. The Morgan fingerprint density at radius 2 is 2.33 bits per heavy atom.